The van der Waals surface area contributed by atoms with Gasteiger partial charge in [0.2, 0.25) is 0 Å². The van der Waals surface area contributed by atoms with E-state index in [2.05, 4.69) is 46.0 Å². The Balaban J connectivity index is 1.41. The van der Waals surface area contributed by atoms with Gasteiger partial charge in [-0.25, -0.2) is 4.79 Å². The Morgan fingerprint density at radius 1 is 1.12 bits per heavy atom. The SMILES string of the molecule is CC(C)CCC[C@@H](C)[C@H]1CC[C@H]2[C@@H]3CC=C4C[C@@H](OC(=O)NCCN)CC[C@]4(C)C3CCC12C. The van der Waals surface area contributed by atoms with E-state index in [9.17, 15) is 4.79 Å². The summed E-state index contributed by atoms with van der Waals surface area (Å²) in [6, 6.07) is 0. The summed E-state index contributed by atoms with van der Waals surface area (Å²) in [6.45, 7) is 13.4. The van der Waals surface area contributed by atoms with Gasteiger partial charge in [-0.15, -0.1) is 0 Å². The number of nitrogens with two attached hydrogens (primary N) is 1. The second-order valence-corrected chi connectivity index (χ2v) is 13.3. The molecule has 194 valence electrons. The maximum Gasteiger partial charge on any atom is 0.407 e. The lowest BCUT2D eigenvalue weighted by Crippen LogP contribution is -2.51. The number of nitrogens with one attached hydrogen (secondary N) is 1. The van der Waals surface area contributed by atoms with E-state index >= 15 is 0 Å². The van der Waals surface area contributed by atoms with E-state index in [1.54, 1.807) is 5.57 Å². The van der Waals surface area contributed by atoms with Crippen LogP contribution >= 0.6 is 0 Å². The summed E-state index contributed by atoms with van der Waals surface area (Å²) in [4.78, 5) is 12.1. The fourth-order valence-corrected chi connectivity index (χ4v) is 9.12. The second-order valence-electron chi connectivity index (χ2n) is 13.3. The first-order valence-corrected chi connectivity index (χ1v) is 14.5. The van der Waals surface area contributed by atoms with Crippen molar-refractivity contribution in [1.29, 1.82) is 0 Å². The summed E-state index contributed by atoms with van der Waals surface area (Å²) in [5.74, 6) is 5.18. The number of carbonyl (C=O) groups is 1. The van der Waals surface area contributed by atoms with Crippen molar-refractivity contribution in [3.63, 3.8) is 0 Å². The minimum Gasteiger partial charge on any atom is -0.446 e. The van der Waals surface area contributed by atoms with E-state index in [1.807, 2.05) is 0 Å². The van der Waals surface area contributed by atoms with E-state index in [4.69, 9.17) is 10.5 Å². The molecule has 4 rings (SSSR count). The van der Waals surface area contributed by atoms with Crippen LogP contribution in [0.2, 0.25) is 0 Å². The molecule has 0 saturated heterocycles. The molecule has 3 N–H and O–H groups in total. The molecule has 4 aliphatic rings. The van der Waals surface area contributed by atoms with Gasteiger partial charge in [-0.3, -0.25) is 0 Å². The first kappa shape index (κ1) is 26.0. The van der Waals surface area contributed by atoms with Gasteiger partial charge in [0.05, 0.1) is 0 Å². The Morgan fingerprint density at radius 2 is 1.91 bits per heavy atom. The predicted octanol–water partition coefficient (Wildman–Crippen LogP) is 7.08. The summed E-state index contributed by atoms with van der Waals surface area (Å²) in [5.41, 5.74) is 7.93. The molecule has 3 fully saturated rings. The lowest BCUT2D eigenvalue weighted by atomic mass is 9.47. The fraction of sp³-hybridized carbons (Fsp3) is 0.900. The summed E-state index contributed by atoms with van der Waals surface area (Å²) in [7, 11) is 0. The smallest absolute Gasteiger partial charge is 0.407 e. The van der Waals surface area contributed by atoms with Gasteiger partial charge >= 0.3 is 6.09 Å². The first-order chi connectivity index (χ1) is 16.2. The van der Waals surface area contributed by atoms with Gasteiger partial charge in [-0.1, -0.05) is 65.5 Å². The Labute approximate surface area is 209 Å². The zero-order valence-electron chi connectivity index (χ0n) is 22.7. The molecule has 1 amide bonds. The van der Waals surface area contributed by atoms with Crippen LogP contribution in [0.1, 0.15) is 105 Å². The van der Waals surface area contributed by atoms with Crippen molar-refractivity contribution < 1.29 is 9.53 Å². The van der Waals surface area contributed by atoms with Crippen LogP contribution in [0.3, 0.4) is 0 Å². The number of alkyl carbamates (subject to hydrolysis) is 1. The van der Waals surface area contributed by atoms with Crippen molar-refractivity contribution in [2.24, 2.45) is 52.1 Å². The predicted molar refractivity (Wildman–Crippen MR) is 140 cm³/mol. The molecule has 0 bridgehead atoms. The first-order valence-electron chi connectivity index (χ1n) is 14.5. The quantitative estimate of drug-likeness (QED) is 0.371. The van der Waals surface area contributed by atoms with E-state index in [1.165, 1.54) is 51.4 Å². The van der Waals surface area contributed by atoms with Gasteiger partial charge in [0.1, 0.15) is 6.10 Å². The highest BCUT2D eigenvalue weighted by Crippen LogP contribution is 2.67. The number of allylic oxidation sites excluding steroid dienone is 1. The maximum atomic E-state index is 12.1. The fourth-order valence-electron chi connectivity index (χ4n) is 9.12. The van der Waals surface area contributed by atoms with Gasteiger partial charge in [0.15, 0.2) is 0 Å². The summed E-state index contributed by atoms with van der Waals surface area (Å²) in [5, 5.41) is 2.76. The average Bonchev–Trinajstić information content (AvgIpc) is 3.15. The van der Waals surface area contributed by atoms with Crippen LogP contribution in [0.15, 0.2) is 11.6 Å². The number of hydrogen-bond acceptors (Lipinski definition) is 3. The highest BCUT2D eigenvalue weighted by atomic mass is 16.6. The molecule has 4 nitrogen and oxygen atoms in total. The Kier molecular flexibility index (Phi) is 8.06. The Bertz CT molecular complexity index is 748. The summed E-state index contributed by atoms with van der Waals surface area (Å²) in [6.07, 6.45) is 16.5. The molecule has 0 aromatic carbocycles. The molecule has 4 aliphatic carbocycles. The highest BCUT2D eigenvalue weighted by molar-refractivity contribution is 5.67. The van der Waals surface area contributed by atoms with Gasteiger partial charge in [0, 0.05) is 19.5 Å². The van der Waals surface area contributed by atoms with Gasteiger partial charge in [-0.05, 0) is 91.3 Å². The molecule has 0 radical (unpaired) electrons. The number of hydrogen-bond donors (Lipinski definition) is 2. The van der Waals surface area contributed by atoms with Crippen LogP contribution in [0, 0.1) is 46.3 Å². The second kappa shape index (κ2) is 10.5. The third kappa shape index (κ3) is 4.95. The van der Waals surface area contributed by atoms with Gasteiger partial charge in [0.25, 0.3) is 0 Å². The van der Waals surface area contributed by atoms with Crippen molar-refractivity contribution in [1.82, 2.24) is 5.32 Å². The Morgan fingerprint density at radius 3 is 2.65 bits per heavy atom. The average molecular weight is 473 g/mol. The highest BCUT2D eigenvalue weighted by Gasteiger charge is 2.59. The van der Waals surface area contributed by atoms with Crippen molar-refractivity contribution in [2.45, 2.75) is 111 Å². The standard InChI is InChI=1S/C30H52N2O2/c1-20(2)7-6-8-21(3)25-11-12-26-24-10-9-22-19-23(34-28(33)32-18-17-31)13-15-29(22,4)27(24)14-16-30(25,26)5/h9,20-21,23-27H,6-8,10-19,31H2,1-5H3,(H,32,33)/t21-,23+,24+,25-,26+,27?,29+,30?/m1/s1. The van der Waals surface area contributed by atoms with Crippen LogP contribution in [0.4, 0.5) is 4.79 Å². The molecule has 3 saturated carbocycles. The summed E-state index contributed by atoms with van der Waals surface area (Å²) >= 11 is 0. The van der Waals surface area contributed by atoms with E-state index in [0.717, 1.165) is 54.8 Å². The Hall–Kier alpha value is -1.03. The van der Waals surface area contributed by atoms with Crippen LogP contribution in [0.25, 0.3) is 0 Å². The lowest BCUT2D eigenvalue weighted by molar-refractivity contribution is -0.0581. The van der Waals surface area contributed by atoms with Crippen molar-refractivity contribution in [2.75, 3.05) is 13.1 Å². The van der Waals surface area contributed by atoms with Gasteiger partial charge in [-0.2, -0.15) is 0 Å². The van der Waals surface area contributed by atoms with E-state index in [-0.39, 0.29) is 12.2 Å². The molecule has 34 heavy (non-hydrogen) atoms. The molecule has 0 aromatic rings. The van der Waals surface area contributed by atoms with Crippen LogP contribution in [-0.4, -0.2) is 25.3 Å². The minimum atomic E-state index is -0.304. The number of carbonyl (C=O) groups excluding carboxylic acids is 1. The zero-order chi connectivity index (χ0) is 24.5. The lowest BCUT2D eigenvalue weighted by Gasteiger charge is -2.58. The van der Waals surface area contributed by atoms with Crippen molar-refractivity contribution in [3.8, 4) is 0 Å². The third-order valence-electron chi connectivity index (χ3n) is 10.9. The molecule has 2 unspecified atom stereocenters. The molecular formula is C30H52N2O2. The number of fused-ring (bicyclic) bond motifs is 5. The van der Waals surface area contributed by atoms with Gasteiger partial charge < -0.3 is 15.8 Å². The zero-order valence-corrected chi connectivity index (χ0v) is 22.7. The molecule has 4 heteroatoms. The summed E-state index contributed by atoms with van der Waals surface area (Å²) < 4.78 is 5.75. The molecule has 0 aromatic heterocycles. The topological polar surface area (TPSA) is 64.3 Å². The van der Waals surface area contributed by atoms with Crippen LogP contribution in [0.5, 0.6) is 0 Å². The van der Waals surface area contributed by atoms with E-state index < -0.39 is 0 Å². The van der Waals surface area contributed by atoms with Crippen LogP contribution < -0.4 is 11.1 Å². The molecule has 0 aliphatic heterocycles. The van der Waals surface area contributed by atoms with Crippen molar-refractivity contribution >= 4 is 6.09 Å². The number of amides is 1. The number of rotatable bonds is 8. The minimum absolute atomic E-state index is 0.0186. The largest absolute Gasteiger partial charge is 0.446 e. The molecule has 0 spiro atoms. The van der Waals surface area contributed by atoms with Crippen LogP contribution in [-0.2, 0) is 4.74 Å². The maximum absolute atomic E-state index is 12.1. The monoisotopic (exact) mass is 472 g/mol. The molecular weight excluding hydrogens is 420 g/mol. The van der Waals surface area contributed by atoms with E-state index in [0.29, 0.717) is 23.9 Å². The third-order valence-corrected chi connectivity index (χ3v) is 10.9. The normalized spacial score (nSPS) is 40.1. The molecule has 0 heterocycles. The van der Waals surface area contributed by atoms with Crippen molar-refractivity contribution in [3.05, 3.63) is 11.6 Å². The number of ether oxygens (including phenoxy) is 1. The molecule has 8 atom stereocenters.